The topological polar surface area (TPSA) is 26.3 Å². The van der Waals surface area contributed by atoms with Gasteiger partial charge in [0.15, 0.2) is 0 Å². The van der Waals surface area contributed by atoms with Crippen LogP contribution in [0.4, 0.5) is 0 Å². The molecule has 0 spiro atoms. The van der Waals surface area contributed by atoms with Gasteiger partial charge in [-0.25, -0.2) is 0 Å². The first-order valence-corrected chi connectivity index (χ1v) is 6.80. The predicted octanol–water partition coefficient (Wildman–Crippen LogP) is 3.57. The standard InChI is InChI=1S/C15H24O2/c1-10(2)14(16)17-8-7-13-11-5-6-12(9-11)15(13,3)4/h7,10-12H,5-6,8-9H2,1-4H3. The van der Waals surface area contributed by atoms with Gasteiger partial charge in [0, 0.05) is 0 Å². The summed E-state index contributed by atoms with van der Waals surface area (Å²) in [5.74, 6) is 1.48. The quantitative estimate of drug-likeness (QED) is 0.553. The van der Waals surface area contributed by atoms with Crippen LogP contribution in [0.5, 0.6) is 0 Å². The second-order valence-electron chi connectivity index (χ2n) is 6.37. The number of hydrogen-bond acceptors (Lipinski definition) is 2. The van der Waals surface area contributed by atoms with E-state index in [9.17, 15) is 4.79 Å². The van der Waals surface area contributed by atoms with E-state index in [1.807, 2.05) is 13.8 Å². The van der Waals surface area contributed by atoms with E-state index in [-0.39, 0.29) is 11.9 Å². The lowest BCUT2D eigenvalue weighted by Gasteiger charge is -2.32. The third-order valence-electron chi connectivity index (χ3n) is 4.64. The van der Waals surface area contributed by atoms with E-state index >= 15 is 0 Å². The molecule has 0 radical (unpaired) electrons. The van der Waals surface area contributed by atoms with E-state index in [0.717, 1.165) is 11.8 Å². The van der Waals surface area contributed by atoms with Crippen molar-refractivity contribution in [1.29, 1.82) is 0 Å². The molecule has 2 unspecified atom stereocenters. The minimum absolute atomic E-state index is 0.0264. The van der Waals surface area contributed by atoms with Crippen LogP contribution in [0.25, 0.3) is 0 Å². The number of ether oxygens (including phenoxy) is 1. The third kappa shape index (κ3) is 2.27. The normalized spacial score (nSPS) is 32.4. The third-order valence-corrected chi connectivity index (χ3v) is 4.64. The lowest BCUT2D eigenvalue weighted by atomic mass is 9.73. The molecule has 0 heterocycles. The molecule has 0 aromatic rings. The molecule has 2 nitrogen and oxygen atoms in total. The van der Waals surface area contributed by atoms with Crippen LogP contribution >= 0.6 is 0 Å². The van der Waals surface area contributed by atoms with E-state index in [0.29, 0.717) is 12.0 Å². The monoisotopic (exact) mass is 236 g/mol. The number of hydrogen-bond donors (Lipinski definition) is 0. The summed E-state index contributed by atoms with van der Waals surface area (Å²) >= 11 is 0. The van der Waals surface area contributed by atoms with Crippen molar-refractivity contribution in [2.45, 2.75) is 47.0 Å². The summed E-state index contributed by atoms with van der Waals surface area (Å²) < 4.78 is 5.25. The van der Waals surface area contributed by atoms with Crippen LogP contribution in [-0.4, -0.2) is 12.6 Å². The van der Waals surface area contributed by atoms with Crippen LogP contribution in [0, 0.1) is 23.2 Å². The second-order valence-corrected chi connectivity index (χ2v) is 6.37. The smallest absolute Gasteiger partial charge is 0.308 e. The second kappa shape index (κ2) is 4.47. The Balaban J connectivity index is 1.96. The summed E-state index contributed by atoms with van der Waals surface area (Å²) in [6.45, 7) is 8.88. The van der Waals surface area contributed by atoms with Crippen molar-refractivity contribution in [3.63, 3.8) is 0 Å². The molecule has 2 heteroatoms. The Morgan fingerprint density at radius 3 is 2.71 bits per heavy atom. The number of fused-ring (bicyclic) bond motifs is 2. The molecular weight excluding hydrogens is 212 g/mol. The van der Waals surface area contributed by atoms with Crippen LogP contribution in [0.2, 0.25) is 0 Å². The molecule has 2 fully saturated rings. The van der Waals surface area contributed by atoms with E-state index in [4.69, 9.17) is 4.74 Å². The highest BCUT2D eigenvalue weighted by Gasteiger charge is 2.48. The van der Waals surface area contributed by atoms with Gasteiger partial charge < -0.3 is 4.74 Å². The average Bonchev–Trinajstić information content (AvgIpc) is 2.79. The van der Waals surface area contributed by atoms with E-state index in [1.54, 1.807) is 0 Å². The molecule has 0 aliphatic heterocycles. The highest BCUT2D eigenvalue weighted by atomic mass is 16.5. The van der Waals surface area contributed by atoms with Gasteiger partial charge in [-0.2, -0.15) is 0 Å². The summed E-state index contributed by atoms with van der Waals surface area (Å²) in [7, 11) is 0. The number of allylic oxidation sites excluding steroid dienone is 1. The summed E-state index contributed by atoms with van der Waals surface area (Å²) in [5, 5.41) is 0. The first kappa shape index (κ1) is 12.7. The number of carbonyl (C=O) groups is 1. The molecule has 17 heavy (non-hydrogen) atoms. The maximum atomic E-state index is 11.4. The molecule has 2 saturated carbocycles. The summed E-state index contributed by atoms with van der Waals surface area (Å²) in [4.78, 5) is 11.4. The van der Waals surface area contributed by atoms with Crippen LogP contribution in [-0.2, 0) is 9.53 Å². The molecule has 0 saturated heterocycles. The average molecular weight is 236 g/mol. The van der Waals surface area contributed by atoms with Crippen molar-refractivity contribution in [3.05, 3.63) is 11.6 Å². The highest BCUT2D eigenvalue weighted by Crippen LogP contribution is 2.58. The van der Waals surface area contributed by atoms with Crippen molar-refractivity contribution < 1.29 is 9.53 Å². The van der Waals surface area contributed by atoms with E-state index in [2.05, 4.69) is 19.9 Å². The summed E-state index contributed by atoms with van der Waals surface area (Å²) in [6, 6.07) is 0. The predicted molar refractivity (Wildman–Crippen MR) is 68.5 cm³/mol. The Bertz CT molecular complexity index is 339. The Kier molecular flexibility index (Phi) is 3.33. The van der Waals surface area contributed by atoms with Gasteiger partial charge in [0.25, 0.3) is 0 Å². The summed E-state index contributed by atoms with van der Waals surface area (Å²) in [5.41, 5.74) is 1.86. The highest BCUT2D eigenvalue weighted by molar-refractivity contribution is 5.71. The van der Waals surface area contributed by atoms with Gasteiger partial charge in [-0.3, -0.25) is 4.79 Å². The molecule has 2 atom stereocenters. The molecule has 0 aromatic heterocycles. The fourth-order valence-corrected chi connectivity index (χ4v) is 3.49. The van der Waals surface area contributed by atoms with Gasteiger partial charge in [0.1, 0.15) is 6.61 Å². The molecule has 2 aliphatic carbocycles. The van der Waals surface area contributed by atoms with Gasteiger partial charge in [-0.1, -0.05) is 33.3 Å². The van der Waals surface area contributed by atoms with E-state index in [1.165, 1.54) is 24.8 Å². The molecule has 2 rings (SSSR count). The Morgan fingerprint density at radius 2 is 2.18 bits per heavy atom. The van der Waals surface area contributed by atoms with E-state index < -0.39 is 0 Å². The van der Waals surface area contributed by atoms with Gasteiger partial charge in [0.2, 0.25) is 0 Å². The number of rotatable bonds is 3. The van der Waals surface area contributed by atoms with Gasteiger partial charge in [0.05, 0.1) is 5.92 Å². The first-order chi connectivity index (χ1) is 7.93. The zero-order chi connectivity index (χ0) is 12.6. The van der Waals surface area contributed by atoms with Crippen molar-refractivity contribution in [1.82, 2.24) is 0 Å². The molecule has 0 amide bonds. The fourth-order valence-electron chi connectivity index (χ4n) is 3.49. The van der Waals surface area contributed by atoms with Crippen LogP contribution in [0.3, 0.4) is 0 Å². The van der Waals surface area contributed by atoms with Crippen molar-refractivity contribution in [3.8, 4) is 0 Å². The Hall–Kier alpha value is -0.790. The SMILES string of the molecule is CC(C)C(=O)OCC=C1C2CCC(C2)C1(C)C. The molecule has 0 aromatic carbocycles. The minimum Gasteiger partial charge on any atom is -0.461 e. The largest absolute Gasteiger partial charge is 0.461 e. The number of esters is 1. The molecule has 0 N–H and O–H groups in total. The number of carbonyl (C=O) groups excluding carboxylic acids is 1. The maximum absolute atomic E-state index is 11.4. The summed E-state index contributed by atoms with van der Waals surface area (Å²) in [6.07, 6.45) is 6.22. The van der Waals surface area contributed by atoms with Crippen LogP contribution in [0.1, 0.15) is 47.0 Å². The Morgan fingerprint density at radius 1 is 1.47 bits per heavy atom. The van der Waals surface area contributed by atoms with Crippen molar-refractivity contribution in [2.24, 2.45) is 23.2 Å². The molecule has 2 aliphatic rings. The Labute approximate surface area is 104 Å². The van der Waals surface area contributed by atoms with Gasteiger partial charge in [-0.05, 0) is 42.6 Å². The van der Waals surface area contributed by atoms with Gasteiger partial charge in [-0.15, -0.1) is 0 Å². The molecule has 2 bridgehead atoms. The fraction of sp³-hybridized carbons (Fsp3) is 0.800. The van der Waals surface area contributed by atoms with Crippen LogP contribution < -0.4 is 0 Å². The van der Waals surface area contributed by atoms with Crippen molar-refractivity contribution in [2.75, 3.05) is 6.61 Å². The van der Waals surface area contributed by atoms with Gasteiger partial charge >= 0.3 is 5.97 Å². The molecule has 96 valence electrons. The zero-order valence-corrected chi connectivity index (χ0v) is 11.5. The van der Waals surface area contributed by atoms with Crippen molar-refractivity contribution >= 4 is 5.97 Å². The molecular formula is C15H24O2. The zero-order valence-electron chi connectivity index (χ0n) is 11.5. The lowest BCUT2D eigenvalue weighted by molar-refractivity contribution is -0.146. The lowest BCUT2D eigenvalue weighted by Crippen LogP contribution is -2.23. The minimum atomic E-state index is -0.0946. The maximum Gasteiger partial charge on any atom is 0.308 e. The first-order valence-electron chi connectivity index (χ1n) is 6.80. The van der Waals surface area contributed by atoms with Crippen LogP contribution in [0.15, 0.2) is 11.6 Å².